The Kier molecular flexibility index (Phi) is 5.47. The van der Waals surface area contributed by atoms with Gasteiger partial charge in [-0.2, -0.15) is 0 Å². The molecule has 0 aliphatic rings. The minimum Gasteiger partial charge on any atom is -0.337 e. The summed E-state index contributed by atoms with van der Waals surface area (Å²) in [5.41, 5.74) is 4.94. The third-order valence-electron chi connectivity index (χ3n) is 5.36. The number of hydrogen-bond donors (Lipinski definition) is 2. The number of aryl methyl sites for hydroxylation is 3. The molecule has 2 N–H and O–H groups in total. The summed E-state index contributed by atoms with van der Waals surface area (Å²) in [4.78, 5) is 17.3. The molecule has 10 heteroatoms. The first-order valence-electron chi connectivity index (χ1n) is 10.0. The predicted octanol–water partition coefficient (Wildman–Crippen LogP) is 3.86. The van der Waals surface area contributed by atoms with Gasteiger partial charge >= 0.3 is 0 Å². The van der Waals surface area contributed by atoms with E-state index in [2.05, 4.69) is 20.2 Å². The van der Waals surface area contributed by atoms with Gasteiger partial charge in [-0.3, -0.25) is 4.79 Å². The second-order valence-electron chi connectivity index (χ2n) is 7.45. The first-order chi connectivity index (χ1) is 15.2. The second-order valence-corrected chi connectivity index (χ2v) is 9.13. The van der Waals surface area contributed by atoms with Crippen molar-refractivity contribution < 1.29 is 17.7 Å². The van der Waals surface area contributed by atoms with Crippen LogP contribution in [0.5, 0.6) is 0 Å². The zero-order valence-electron chi connectivity index (χ0n) is 18.1. The number of sulfonamides is 1. The molecule has 0 aliphatic heterocycles. The molecule has 0 saturated heterocycles. The van der Waals surface area contributed by atoms with Gasteiger partial charge in [-0.15, -0.1) is 0 Å². The molecule has 0 bridgehead atoms. The largest absolute Gasteiger partial charge is 0.337 e. The van der Waals surface area contributed by atoms with Gasteiger partial charge in [0.1, 0.15) is 5.65 Å². The third-order valence-corrected chi connectivity index (χ3v) is 6.71. The van der Waals surface area contributed by atoms with Crippen LogP contribution in [-0.2, 0) is 16.4 Å². The normalized spacial score (nSPS) is 11.6. The lowest BCUT2D eigenvalue weighted by molar-refractivity contribution is 0.102. The number of carbonyl (C=O) groups is 1. The maximum Gasteiger partial charge on any atom is 0.264 e. The highest BCUT2D eigenvalue weighted by molar-refractivity contribution is 7.92. The van der Waals surface area contributed by atoms with Gasteiger partial charge in [-0.25, -0.2) is 18.1 Å². The van der Waals surface area contributed by atoms with E-state index in [0.717, 1.165) is 23.5 Å². The number of rotatable bonds is 6. The topological polar surface area (TPSA) is 119 Å². The Morgan fingerprint density at radius 2 is 1.81 bits per heavy atom. The molecule has 0 unspecified atom stereocenters. The summed E-state index contributed by atoms with van der Waals surface area (Å²) in [7, 11) is -3.86. The van der Waals surface area contributed by atoms with Gasteiger partial charge in [-0.1, -0.05) is 12.1 Å². The first kappa shape index (κ1) is 21.6. The van der Waals surface area contributed by atoms with Crippen molar-refractivity contribution in [1.82, 2.24) is 14.5 Å². The van der Waals surface area contributed by atoms with Gasteiger partial charge in [0.2, 0.25) is 5.88 Å². The van der Waals surface area contributed by atoms with Crippen LogP contribution in [0.2, 0.25) is 0 Å². The minimum absolute atomic E-state index is 0.0338. The molecule has 1 aromatic carbocycles. The lowest BCUT2D eigenvalue weighted by Crippen LogP contribution is -2.14. The number of nitrogens with zero attached hydrogens (tertiary/aromatic N) is 3. The highest BCUT2D eigenvalue weighted by Gasteiger charge is 2.19. The Balaban J connectivity index is 1.51. The number of fused-ring (bicyclic) bond motifs is 1. The lowest BCUT2D eigenvalue weighted by atomic mass is 10.2. The maximum absolute atomic E-state index is 12.7. The van der Waals surface area contributed by atoms with Crippen LogP contribution >= 0.6 is 0 Å². The molecule has 3 heterocycles. The van der Waals surface area contributed by atoms with Crippen LogP contribution in [0.25, 0.3) is 5.65 Å². The van der Waals surface area contributed by atoms with Gasteiger partial charge in [-0.05, 0) is 63.6 Å². The van der Waals surface area contributed by atoms with Crippen LogP contribution in [0.4, 0.5) is 11.6 Å². The van der Waals surface area contributed by atoms with Gasteiger partial charge < -0.3 is 14.2 Å². The zero-order chi connectivity index (χ0) is 23.0. The number of benzene rings is 1. The summed E-state index contributed by atoms with van der Waals surface area (Å²) in [5.74, 6) is -0.226. The van der Waals surface area contributed by atoms with Crippen LogP contribution in [0.3, 0.4) is 0 Å². The number of aromatic nitrogens is 3. The van der Waals surface area contributed by atoms with Crippen molar-refractivity contribution in [3.8, 4) is 0 Å². The van der Waals surface area contributed by atoms with Crippen molar-refractivity contribution in [3.05, 3.63) is 70.8 Å². The highest BCUT2D eigenvalue weighted by atomic mass is 32.2. The molecule has 3 aromatic heterocycles. The van der Waals surface area contributed by atoms with Crippen LogP contribution < -0.4 is 10.0 Å². The number of nitrogens with one attached hydrogen (secondary N) is 2. The highest BCUT2D eigenvalue weighted by Crippen LogP contribution is 2.23. The molecular formula is C22H23N5O4S. The molecule has 0 spiro atoms. The molecule has 4 aromatic rings. The van der Waals surface area contributed by atoms with E-state index in [4.69, 9.17) is 4.52 Å². The van der Waals surface area contributed by atoms with Crippen LogP contribution in [-0.4, -0.2) is 28.9 Å². The molecule has 166 valence electrons. The SMILES string of the molecule is CCc1nc2ccc(C(=O)Nc3ccc(S(=O)(=O)Nc4onc(C)c4C)cc3)cn2c1C. The molecule has 0 fully saturated rings. The molecule has 32 heavy (non-hydrogen) atoms. The van der Waals surface area contributed by atoms with E-state index in [1.807, 2.05) is 18.2 Å². The fourth-order valence-corrected chi connectivity index (χ4v) is 4.34. The first-order valence-corrected chi connectivity index (χ1v) is 11.5. The Bertz CT molecular complexity index is 1420. The van der Waals surface area contributed by atoms with Crippen molar-refractivity contribution in [3.63, 3.8) is 0 Å². The van der Waals surface area contributed by atoms with Crippen molar-refractivity contribution in [2.75, 3.05) is 10.0 Å². The zero-order valence-corrected chi connectivity index (χ0v) is 18.9. The van der Waals surface area contributed by atoms with E-state index in [1.54, 1.807) is 32.2 Å². The third kappa shape index (κ3) is 3.96. The Hall–Kier alpha value is -3.66. The number of anilines is 2. The summed E-state index contributed by atoms with van der Waals surface area (Å²) in [6.07, 6.45) is 2.56. The Labute approximate surface area is 185 Å². The van der Waals surface area contributed by atoms with Crippen LogP contribution in [0, 0.1) is 20.8 Å². The van der Waals surface area contributed by atoms with Gasteiger partial charge in [0.05, 0.1) is 21.8 Å². The Morgan fingerprint density at radius 3 is 2.44 bits per heavy atom. The van der Waals surface area contributed by atoms with Crippen molar-refractivity contribution in [2.45, 2.75) is 39.0 Å². The van der Waals surface area contributed by atoms with Crippen LogP contribution in [0.1, 0.15) is 39.9 Å². The lowest BCUT2D eigenvalue weighted by Gasteiger charge is -2.09. The molecule has 0 saturated carbocycles. The Morgan fingerprint density at radius 1 is 1.09 bits per heavy atom. The monoisotopic (exact) mass is 453 g/mol. The summed E-state index contributed by atoms with van der Waals surface area (Å²) in [6.45, 7) is 7.45. The van der Waals surface area contributed by atoms with E-state index in [0.29, 0.717) is 22.5 Å². The number of amides is 1. The molecule has 0 aliphatic carbocycles. The van der Waals surface area contributed by atoms with Crippen molar-refractivity contribution in [2.24, 2.45) is 0 Å². The summed E-state index contributed by atoms with van der Waals surface area (Å²) in [5, 5.41) is 6.53. The quantitative estimate of drug-likeness (QED) is 0.458. The molecule has 1 amide bonds. The van der Waals surface area contributed by atoms with Crippen molar-refractivity contribution >= 4 is 33.1 Å². The predicted molar refractivity (Wildman–Crippen MR) is 120 cm³/mol. The average molecular weight is 454 g/mol. The number of hydrogen-bond acceptors (Lipinski definition) is 6. The molecule has 4 rings (SSSR count). The number of pyridine rings is 1. The average Bonchev–Trinajstić information content (AvgIpc) is 3.27. The van der Waals surface area contributed by atoms with Gasteiger partial charge in [0.25, 0.3) is 15.9 Å². The molecule has 9 nitrogen and oxygen atoms in total. The molecule has 0 atom stereocenters. The fourth-order valence-electron chi connectivity index (χ4n) is 3.29. The number of carbonyl (C=O) groups excluding carboxylic acids is 1. The van der Waals surface area contributed by atoms with Gasteiger partial charge in [0.15, 0.2) is 0 Å². The minimum atomic E-state index is -3.86. The van der Waals surface area contributed by atoms with E-state index >= 15 is 0 Å². The number of imidazole rings is 1. The standard InChI is InChI=1S/C22H23N5O4S/c1-5-19-15(4)27-12-16(6-11-20(27)24-19)21(28)23-17-7-9-18(10-8-17)32(29,30)26-22-13(2)14(3)25-31-22/h6-12,26H,5H2,1-4H3,(H,23,28). The van der Waals surface area contributed by atoms with E-state index in [-0.39, 0.29) is 16.7 Å². The second kappa shape index (κ2) is 8.12. The van der Waals surface area contributed by atoms with Crippen LogP contribution in [0.15, 0.2) is 52.0 Å². The fraction of sp³-hybridized carbons (Fsp3) is 0.227. The molecule has 0 radical (unpaired) electrons. The summed E-state index contributed by atoms with van der Waals surface area (Å²) < 4.78 is 34.5. The van der Waals surface area contributed by atoms with Crippen molar-refractivity contribution in [1.29, 1.82) is 0 Å². The summed E-state index contributed by atoms with van der Waals surface area (Å²) >= 11 is 0. The van der Waals surface area contributed by atoms with E-state index < -0.39 is 10.0 Å². The van der Waals surface area contributed by atoms with E-state index in [1.165, 1.54) is 24.3 Å². The molecular weight excluding hydrogens is 430 g/mol. The summed E-state index contributed by atoms with van der Waals surface area (Å²) in [6, 6.07) is 9.39. The maximum atomic E-state index is 12.7. The smallest absolute Gasteiger partial charge is 0.264 e. The van der Waals surface area contributed by atoms with E-state index in [9.17, 15) is 13.2 Å². The van der Waals surface area contributed by atoms with Gasteiger partial charge in [0, 0.05) is 23.1 Å².